The van der Waals surface area contributed by atoms with Gasteiger partial charge in [0.05, 0.1) is 4.90 Å². The first-order valence-electron chi connectivity index (χ1n) is 15.3. The minimum Gasteiger partial charge on any atom is -0.465 e. The number of carbonyl (C=O) groups excluding carboxylic acids is 1. The van der Waals surface area contributed by atoms with Crippen molar-refractivity contribution in [3.05, 3.63) is 102 Å². The quantitative estimate of drug-likeness (QED) is 0.218. The van der Waals surface area contributed by atoms with E-state index in [9.17, 15) is 40.7 Å². The number of amides is 2. The summed E-state index contributed by atoms with van der Waals surface area (Å²) >= 11 is 0. The zero-order valence-electron chi connectivity index (χ0n) is 25.3. The number of carbonyl (C=O) groups is 2. The summed E-state index contributed by atoms with van der Waals surface area (Å²) in [7, 11) is -3.84. The number of benzene rings is 3. The topological polar surface area (TPSA) is 128 Å². The maximum atomic E-state index is 14.9. The molecule has 252 valence electrons. The van der Waals surface area contributed by atoms with Crippen LogP contribution in [0.2, 0.25) is 0 Å². The van der Waals surface area contributed by atoms with Gasteiger partial charge >= 0.3 is 6.09 Å². The Hall–Kier alpha value is -4.01. The van der Waals surface area contributed by atoms with Gasteiger partial charge in [-0.2, -0.15) is 4.31 Å². The van der Waals surface area contributed by atoms with Gasteiger partial charge in [0.15, 0.2) is 0 Å². The lowest BCUT2D eigenvalue weighted by Gasteiger charge is -2.36. The van der Waals surface area contributed by atoms with Crippen LogP contribution in [0.1, 0.15) is 42.7 Å². The molecule has 9 nitrogen and oxygen atoms in total. The van der Waals surface area contributed by atoms with E-state index in [0.717, 1.165) is 24.3 Å². The molecule has 1 aliphatic heterocycles. The molecule has 3 unspecified atom stereocenters. The lowest BCUT2D eigenvalue weighted by Crippen LogP contribution is -2.54. The second-order valence-electron chi connectivity index (χ2n) is 12.0. The number of nitrogens with zero attached hydrogens (tertiary/aromatic N) is 1. The summed E-state index contributed by atoms with van der Waals surface area (Å²) in [6, 6.07) is 14.9. The molecular weight excluding hydrogens is 640 g/mol. The first kappa shape index (κ1) is 34.3. The smallest absolute Gasteiger partial charge is 0.405 e. The van der Waals surface area contributed by atoms with E-state index >= 15 is 0 Å². The molecule has 3 aromatic rings. The zero-order valence-corrected chi connectivity index (χ0v) is 26.1. The van der Waals surface area contributed by atoms with Crippen molar-refractivity contribution < 1.29 is 40.7 Å². The molecule has 4 atom stereocenters. The summed E-state index contributed by atoms with van der Waals surface area (Å²) in [6.07, 6.45) is -2.37. The first-order valence-corrected chi connectivity index (χ1v) is 16.7. The summed E-state index contributed by atoms with van der Waals surface area (Å²) < 4.78 is 85.6. The molecule has 4 N–H and O–H groups in total. The molecule has 2 fully saturated rings. The highest BCUT2D eigenvalue weighted by atomic mass is 32.2. The van der Waals surface area contributed by atoms with Gasteiger partial charge < -0.3 is 21.1 Å². The van der Waals surface area contributed by atoms with Gasteiger partial charge in [0.1, 0.15) is 17.7 Å². The molecule has 14 heteroatoms. The number of nitrogens with one attached hydrogen (secondary N) is 3. The summed E-state index contributed by atoms with van der Waals surface area (Å²) in [5.41, 5.74) is 0.675. The third-order valence-electron chi connectivity index (χ3n) is 8.85. The molecule has 3 aromatic carbocycles. The van der Waals surface area contributed by atoms with Crippen LogP contribution in [0.4, 0.5) is 22.4 Å². The Balaban J connectivity index is 1.37. The molecule has 47 heavy (non-hydrogen) atoms. The van der Waals surface area contributed by atoms with Gasteiger partial charge in [-0.3, -0.25) is 4.79 Å². The predicted octanol–water partition coefficient (Wildman–Crippen LogP) is 4.71. The van der Waals surface area contributed by atoms with Crippen molar-refractivity contribution in [1.29, 1.82) is 0 Å². The fraction of sp³-hybridized carbons (Fsp3) is 0.394. The van der Waals surface area contributed by atoms with Crippen LogP contribution in [-0.2, 0) is 14.8 Å². The Morgan fingerprint density at radius 2 is 1.51 bits per heavy atom. The van der Waals surface area contributed by atoms with Crippen LogP contribution in [0.15, 0.2) is 83.8 Å². The molecule has 0 bridgehead atoms. The van der Waals surface area contributed by atoms with E-state index in [0.29, 0.717) is 24.2 Å². The predicted molar refractivity (Wildman–Crippen MR) is 165 cm³/mol. The van der Waals surface area contributed by atoms with Crippen molar-refractivity contribution in [2.45, 2.75) is 60.5 Å². The van der Waals surface area contributed by atoms with E-state index in [2.05, 4.69) is 16.0 Å². The molecule has 0 aromatic heterocycles. The molecule has 1 aliphatic carbocycles. The van der Waals surface area contributed by atoms with E-state index in [4.69, 9.17) is 0 Å². The second kappa shape index (κ2) is 14.4. The highest BCUT2D eigenvalue weighted by Gasteiger charge is 2.48. The lowest BCUT2D eigenvalue weighted by molar-refractivity contribution is -0.124. The summed E-state index contributed by atoms with van der Waals surface area (Å²) in [5, 5.41) is 17.7. The largest absolute Gasteiger partial charge is 0.465 e. The molecule has 2 amide bonds. The molecule has 5 rings (SSSR count). The Morgan fingerprint density at radius 3 is 2.09 bits per heavy atom. The summed E-state index contributed by atoms with van der Waals surface area (Å²) in [5.74, 6) is -6.94. The second-order valence-corrected chi connectivity index (χ2v) is 13.9. The van der Waals surface area contributed by atoms with E-state index in [1.54, 1.807) is 18.2 Å². The fourth-order valence-electron chi connectivity index (χ4n) is 6.63. The van der Waals surface area contributed by atoms with E-state index in [1.165, 1.54) is 40.7 Å². The van der Waals surface area contributed by atoms with Crippen molar-refractivity contribution in [2.75, 3.05) is 19.6 Å². The minimum atomic E-state index is -3.84. The van der Waals surface area contributed by atoms with Crippen LogP contribution < -0.4 is 16.0 Å². The third kappa shape index (κ3) is 8.29. The number of hydrogen-bond donors (Lipinski definition) is 4. The maximum absolute atomic E-state index is 14.9. The monoisotopic (exact) mass is 676 g/mol. The molecule has 1 saturated heterocycles. The van der Waals surface area contributed by atoms with E-state index < -0.39 is 82.4 Å². The fourth-order valence-corrected chi connectivity index (χ4v) is 8.31. The lowest BCUT2D eigenvalue weighted by atomic mass is 9.84. The molecule has 1 saturated carbocycles. The average molecular weight is 677 g/mol. The minimum absolute atomic E-state index is 0.137. The Bertz CT molecular complexity index is 1600. The Labute approximate surface area is 270 Å². The van der Waals surface area contributed by atoms with Crippen LogP contribution in [0.5, 0.6) is 0 Å². The van der Waals surface area contributed by atoms with E-state index in [1.807, 2.05) is 0 Å². The molecule has 1 heterocycles. The number of alkyl halides is 2. The van der Waals surface area contributed by atoms with Crippen LogP contribution in [0.3, 0.4) is 0 Å². The van der Waals surface area contributed by atoms with Crippen molar-refractivity contribution in [1.82, 2.24) is 20.3 Å². The first-order chi connectivity index (χ1) is 22.3. The number of halogens is 4. The number of carboxylic acid groups (broad SMARTS) is 1. The Kier molecular flexibility index (Phi) is 10.5. The van der Waals surface area contributed by atoms with Gasteiger partial charge in [-0.15, -0.1) is 0 Å². The molecule has 0 spiro atoms. The highest BCUT2D eigenvalue weighted by Crippen LogP contribution is 2.42. The highest BCUT2D eigenvalue weighted by molar-refractivity contribution is 7.89. The van der Waals surface area contributed by atoms with Gasteiger partial charge in [-0.25, -0.2) is 30.8 Å². The average Bonchev–Trinajstić information content (AvgIpc) is 3.34. The van der Waals surface area contributed by atoms with Crippen LogP contribution in [0.25, 0.3) is 0 Å². The molecule has 2 aliphatic rings. The number of piperazine rings is 1. The van der Waals surface area contributed by atoms with Crippen molar-refractivity contribution in [3.63, 3.8) is 0 Å². The molecule has 0 radical (unpaired) electrons. The number of rotatable bonds is 11. The van der Waals surface area contributed by atoms with Crippen molar-refractivity contribution in [3.8, 4) is 0 Å². The van der Waals surface area contributed by atoms with Crippen LogP contribution >= 0.6 is 0 Å². The number of hydrogen-bond acceptors (Lipinski definition) is 5. The molecular formula is C33H36F4N4O5S. The van der Waals surface area contributed by atoms with Crippen molar-refractivity contribution >= 4 is 22.0 Å². The van der Waals surface area contributed by atoms with E-state index in [-0.39, 0.29) is 24.3 Å². The normalized spacial score (nSPS) is 22.1. The van der Waals surface area contributed by atoms with Gasteiger partial charge in [0.2, 0.25) is 15.9 Å². The van der Waals surface area contributed by atoms with Crippen molar-refractivity contribution in [2.24, 2.45) is 5.92 Å². The summed E-state index contributed by atoms with van der Waals surface area (Å²) in [4.78, 5) is 25.9. The number of sulfonamides is 1. The third-order valence-corrected chi connectivity index (χ3v) is 10.8. The SMILES string of the molecule is O=C(O)NC(C(=O)NC1CC(F)(F)CC1CC[C@H]1CNCCN1S(=O)(=O)c1ccccc1)C(c1ccc(F)cc1)c1ccc(F)cc1. The zero-order chi connectivity index (χ0) is 33.8. The Morgan fingerprint density at radius 1 is 0.915 bits per heavy atom. The van der Waals surface area contributed by atoms with Gasteiger partial charge in [0.25, 0.3) is 5.92 Å². The van der Waals surface area contributed by atoms with Crippen LogP contribution in [0, 0.1) is 17.6 Å². The van der Waals surface area contributed by atoms with Gasteiger partial charge in [-0.05, 0) is 66.3 Å². The van der Waals surface area contributed by atoms with Gasteiger partial charge in [-0.1, -0.05) is 42.5 Å². The van der Waals surface area contributed by atoms with Crippen LogP contribution in [-0.4, -0.2) is 73.5 Å². The maximum Gasteiger partial charge on any atom is 0.405 e. The van der Waals surface area contributed by atoms with Gasteiger partial charge in [0, 0.05) is 50.5 Å². The summed E-state index contributed by atoms with van der Waals surface area (Å²) in [6.45, 7) is 0.970. The standard InChI is InChI=1S/C33H36F4N4O5S/c34-24-11-6-21(7-12-24)29(22-8-13-25(35)14-9-22)30(40-32(43)44)31(42)39-28-19-33(36,37)18-23(28)10-15-26-20-38-16-17-41(26)47(45,46)27-4-2-1-3-5-27/h1-9,11-14,23,26,28-30,38,40H,10,15-20H2,(H,39,42)(H,43,44)/t23?,26-,28?,30?/m0/s1.